The highest BCUT2D eigenvalue weighted by Crippen LogP contribution is 2.23. The minimum Gasteiger partial charge on any atom is -0.350 e. The number of amides is 1. The lowest BCUT2D eigenvalue weighted by molar-refractivity contribution is 0.0939. The van der Waals surface area contributed by atoms with E-state index in [4.69, 9.17) is 0 Å². The summed E-state index contributed by atoms with van der Waals surface area (Å²) in [4.78, 5) is 12.4. The number of hydrogen-bond acceptors (Lipinski definition) is 4. The maximum atomic E-state index is 12.4. The maximum absolute atomic E-state index is 12.4. The molecule has 1 heterocycles. The highest BCUT2D eigenvalue weighted by molar-refractivity contribution is 7.98. The molecule has 0 saturated carbocycles. The summed E-state index contributed by atoms with van der Waals surface area (Å²) in [5, 5.41) is 12.7. The Morgan fingerprint density at radius 2 is 1.93 bits per heavy atom. The van der Waals surface area contributed by atoms with Gasteiger partial charge in [0, 0.05) is 30.3 Å². The van der Waals surface area contributed by atoms with Gasteiger partial charge in [0.2, 0.25) is 0 Å². The highest BCUT2D eigenvalue weighted by Gasteiger charge is 2.13. The van der Waals surface area contributed by atoms with Crippen LogP contribution in [0.1, 0.15) is 47.6 Å². The first kappa shape index (κ1) is 21.8. The first-order chi connectivity index (χ1) is 14.6. The molecule has 156 valence electrons. The van der Waals surface area contributed by atoms with E-state index in [1.165, 1.54) is 5.56 Å². The van der Waals surface area contributed by atoms with Crippen LogP contribution in [0.25, 0.3) is 0 Å². The molecule has 0 unspecified atom stereocenters. The molecule has 0 radical (unpaired) electrons. The van der Waals surface area contributed by atoms with E-state index in [1.54, 1.807) is 11.8 Å². The van der Waals surface area contributed by atoms with E-state index in [9.17, 15) is 4.79 Å². The molecular formula is C24H28N4OS. The van der Waals surface area contributed by atoms with Crippen LogP contribution >= 0.6 is 11.8 Å². The number of rotatable bonds is 10. The van der Waals surface area contributed by atoms with Crippen molar-refractivity contribution in [1.82, 2.24) is 20.1 Å². The predicted molar refractivity (Wildman–Crippen MR) is 123 cm³/mol. The van der Waals surface area contributed by atoms with Gasteiger partial charge in [-0.15, -0.1) is 16.8 Å². The average molecular weight is 421 g/mol. The predicted octanol–water partition coefficient (Wildman–Crippen LogP) is 4.88. The van der Waals surface area contributed by atoms with Crippen molar-refractivity contribution in [2.45, 2.75) is 50.2 Å². The van der Waals surface area contributed by atoms with Crippen molar-refractivity contribution in [2.75, 3.05) is 0 Å². The van der Waals surface area contributed by atoms with Crippen LogP contribution in [0, 0.1) is 0 Å². The maximum Gasteiger partial charge on any atom is 0.251 e. The lowest BCUT2D eigenvalue weighted by atomic mass is 10.1. The molecule has 0 fully saturated rings. The Morgan fingerprint density at radius 1 is 1.17 bits per heavy atom. The number of aromatic nitrogens is 3. The van der Waals surface area contributed by atoms with Gasteiger partial charge in [-0.25, -0.2) is 0 Å². The van der Waals surface area contributed by atoms with Gasteiger partial charge >= 0.3 is 0 Å². The van der Waals surface area contributed by atoms with Crippen molar-refractivity contribution in [1.29, 1.82) is 0 Å². The molecule has 1 atom stereocenters. The quantitative estimate of drug-likeness (QED) is 0.375. The summed E-state index contributed by atoms with van der Waals surface area (Å²) < 4.78 is 2.10. The molecule has 6 heteroatoms. The fraction of sp³-hybridized carbons (Fsp3) is 0.292. The van der Waals surface area contributed by atoms with E-state index in [0.717, 1.165) is 29.4 Å². The van der Waals surface area contributed by atoms with E-state index in [0.29, 0.717) is 17.9 Å². The zero-order valence-corrected chi connectivity index (χ0v) is 18.4. The van der Waals surface area contributed by atoms with Crippen LogP contribution in [-0.4, -0.2) is 26.7 Å². The van der Waals surface area contributed by atoms with Crippen LogP contribution in [0.3, 0.4) is 0 Å². The minimum absolute atomic E-state index is 0.0313. The van der Waals surface area contributed by atoms with Gasteiger partial charge in [-0.1, -0.05) is 67.2 Å². The van der Waals surface area contributed by atoms with E-state index in [-0.39, 0.29) is 11.9 Å². The molecule has 0 bridgehead atoms. The summed E-state index contributed by atoms with van der Waals surface area (Å²) in [5.41, 5.74) is 2.96. The number of allylic oxidation sites excluding steroid dienone is 1. The molecule has 1 N–H and O–H groups in total. The number of thioether (sulfide) groups is 1. The van der Waals surface area contributed by atoms with Gasteiger partial charge in [0.15, 0.2) is 5.16 Å². The molecule has 2 aromatic carbocycles. The molecular weight excluding hydrogens is 392 g/mol. The summed E-state index contributed by atoms with van der Waals surface area (Å²) in [7, 11) is 0. The van der Waals surface area contributed by atoms with Crippen molar-refractivity contribution < 1.29 is 4.79 Å². The SMILES string of the molecule is C=CCn1c(Cc2ccccc2)nnc1SCc1cccc(C(=O)N[C@@H](C)CC)c1. The van der Waals surface area contributed by atoms with Crippen molar-refractivity contribution in [3.05, 3.63) is 89.8 Å². The van der Waals surface area contributed by atoms with Gasteiger partial charge in [0.05, 0.1) is 0 Å². The Balaban J connectivity index is 1.70. The molecule has 0 aliphatic carbocycles. The molecule has 5 nitrogen and oxygen atoms in total. The summed E-state index contributed by atoms with van der Waals surface area (Å²) in [6.45, 7) is 8.61. The molecule has 0 aliphatic heterocycles. The Morgan fingerprint density at radius 3 is 2.67 bits per heavy atom. The van der Waals surface area contributed by atoms with Crippen LogP contribution in [0.4, 0.5) is 0 Å². The van der Waals surface area contributed by atoms with Crippen LogP contribution in [0.2, 0.25) is 0 Å². The van der Waals surface area contributed by atoms with Gasteiger partial charge in [0.1, 0.15) is 5.82 Å². The molecule has 1 amide bonds. The summed E-state index contributed by atoms with van der Waals surface area (Å²) in [5.74, 6) is 1.60. The van der Waals surface area contributed by atoms with E-state index >= 15 is 0 Å². The molecule has 30 heavy (non-hydrogen) atoms. The minimum atomic E-state index is -0.0313. The number of nitrogens with zero attached hydrogens (tertiary/aromatic N) is 3. The van der Waals surface area contributed by atoms with Gasteiger partial charge in [0.25, 0.3) is 5.91 Å². The normalized spacial score (nSPS) is 11.8. The largest absolute Gasteiger partial charge is 0.350 e. The van der Waals surface area contributed by atoms with Crippen LogP contribution < -0.4 is 5.32 Å². The topological polar surface area (TPSA) is 59.8 Å². The molecule has 3 rings (SSSR count). The third-order valence-corrected chi connectivity index (χ3v) is 5.90. The van der Waals surface area contributed by atoms with E-state index in [2.05, 4.69) is 45.7 Å². The Hall–Kier alpha value is -2.86. The van der Waals surface area contributed by atoms with Gasteiger partial charge < -0.3 is 9.88 Å². The smallest absolute Gasteiger partial charge is 0.251 e. The van der Waals surface area contributed by atoms with Gasteiger partial charge in [-0.05, 0) is 36.6 Å². The molecule has 0 saturated heterocycles. The second kappa shape index (κ2) is 10.8. The number of benzene rings is 2. The number of carbonyl (C=O) groups is 1. The molecule has 1 aromatic heterocycles. The van der Waals surface area contributed by atoms with E-state index in [1.807, 2.05) is 55.5 Å². The Kier molecular flexibility index (Phi) is 7.85. The van der Waals surface area contributed by atoms with Crippen LogP contribution in [-0.2, 0) is 18.7 Å². The highest BCUT2D eigenvalue weighted by atomic mass is 32.2. The summed E-state index contributed by atoms with van der Waals surface area (Å²) in [6, 6.07) is 18.2. The third-order valence-electron chi connectivity index (χ3n) is 4.86. The Labute approximate surface area is 182 Å². The molecule has 3 aromatic rings. The van der Waals surface area contributed by atoms with Crippen LogP contribution in [0.15, 0.2) is 72.4 Å². The van der Waals surface area contributed by atoms with Crippen molar-refractivity contribution in [3.63, 3.8) is 0 Å². The van der Waals surface area contributed by atoms with Gasteiger partial charge in [-0.3, -0.25) is 4.79 Å². The fourth-order valence-corrected chi connectivity index (χ4v) is 3.92. The zero-order chi connectivity index (χ0) is 21.3. The second-order valence-electron chi connectivity index (χ2n) is 7.23. The van der Waals surface area contributed by atoms with E-state index < -0.39 is 0 Å². The Bertz CT molecular complexity index is 984. The number of carbonyl (C=O) groups excluding carboxylic acids is 1. The lowest BCUT2D eigenvalue weighted by Crippen LogP contribution is -2.31. The standard InChI is InChI=1S/C24H28N4OS/c1-4-14-28-22(16-19-10-7-6-8-11-19)26-27-24(28)30-17-20-12-9-13-21(15-20)23(29)25-18(3)5-2/h4,6-13,15,18H,1,5,14,16-17H2,2-3H3,(H,25,29)/t18-/m0/s1. The second-order valence-corrected chi connectivity index (χ2v) is 8.17. The van der Waals surface area contributed by atoms with Crippen LogP contribution in [0.5, 0.6) is 0 Å². The summed E-state index contributed by atoms with van der Waals surface area (Å²) in [6.07, 6.45) is 3.50. The third kappa shape index (κ3) is 5.83. The van der Waals surface area contributed by atoms with Crippen molar-refractivity contribution in [3.8, 4) is 0 Å². The van der Waals surface area contributed by atoms with Crippen molar-refractivity contribution in [2.24, 2.45) is 0 Å². The average Bonchev–Trinajstić information content (AvgIpc) is 3.14. The molecule has 0 spiro atoms. The first-order valence-corrected chi connectivity index (χ1v) is 11.2. The lowest BCUT2D eigenvalue weighted by Gasteiger charge is -2.12. The van der Waals surface area contributed by atoms with Crippen molar-refractivity contribution >= 4 is 17.7 Å². The molecule has 0 aliphatic rings. The monoisotopic (exact) mass is 420 g/mol. The zero-order valence-electron chi connectivity index (χ0n) is 17.5. The van der Waals surface area contributed by atoms with Gasteiger partial charge in [-0.2, -0.15) is 0 Å². The fourth-order valence-electron chi connectivity index (χ4n) is 3.01. The summed E-state index contributed by atoms with van der Waals surface area (Å²) >= 11 is 1.62. The number of hydrogen-bond donors (Lipinski definition) is 1. The number of nitrogens with one attached hydrogen (secondary N) is 1. The first-order valence-electron chi connectivity index (χ1n) is 10.2.